The van der Waals surface area contributed by atoms with E-state index in [1.165, 1.54) is 0 Å². The summed E-state index contributed by atoms with van der Waals surface area (Å²) < 4.78 is 7.69. The molecule has 27 heavy (non-hydrogen) atoms. The van der Waals surface area contributed by atoms with E-state index in [0.717, 1.165) is 56.7 Å². The monoisotopic (exact) mass is 379 g/mol. The molecule has 0 saturated carbocycles. The van der Waals surface area contributed by atoms with Crippen LogP contribution in [0.4, 0.5) is 0 Å². The molecule has 1 aromatic rings. The van der Waals surface area contributed by atoms with E-state index < -0.39 is 0 Å². The Morgan fingerprint density at radius 3 is 2.56 bits per heavy atom. The van der Waals surface area contributed by atoms with E-state index >= 15 is 0 Å². The largest absolute Gasteiger partial charge is 0.376 e. The topological polar surface area (TPSA) is 79.6 Å². The minimum Gasteiger partial charge on any atom is -0.376 e. The summed E-state index contributed by atoms with van der Waals surface area (Å²) in [6.45, 7) is 14.8. The van der Waals surface area contributed by atoms with Crippen LogP contribution in [0.3, 0.4) is 0 Å². The van der Waals surface area contributed by atoms with Crippen LogP contribution in [-0.2, 0) is 18.3 Å². The Bertz CT molecular complexity index is 583. The fraction of sp³-hybridized carbons (Fsp3) is 0.842. The zero-order chi connectivity index (χ0) is 19.8. The van der Waals surface area contributed by atoms with Crippen LogP contribution >= 0.6 is 0 Å². The van der Waals surface area contributed by atoms with Crippen molar-refractivity contribution < 1.29 is 4.74 Å². The van der Waals surface area contributed by atoms with Gasteiger partial charge in [0.2, 0.25) is 0 Å². The third kappa shape index (κ3) is 6.77. The number of nitrogens with zero attached hydrogens (tertiary/aromatic N) is 5. The first-order valence-electron chi connectivity index (χ1n) is 10.1. The Morgan fingerprint density at radius 2 is 2.00 bits per heavy atom. The summed E-state index contributed by atoms with van der Waals surface area (Å²) in [5, 5.41) is 15.2. The van der Waals surface area contributed by atoms with Crippen molar-refractivity contribution in [3.05, 3.63) is 11.6 Å². The molecule has 0 spiro atoms. The van der Waals surface area contributed by atoms with Gasteiger partial charge in [-0.05, 0) is 47.5 Å². The Labute approximate surface area is 163 Å². The Morgan fingerprint density at radius 1 is 1.26 bits per heavy atom. The minimum atomic E-state index is 0.275. The summed E-state index contributed by atoms with van der Waals surface area (Å²) in [6, 6.07) is 1.04. The molecule has 2 N–H and O–H groups in total. The molecular formula is C19H37N7O. The van der Waals surface area contributed by atoms with Gasteiger partial charge in [0.05, 0.1) is 6.10 Å². The van der Waals surface area contributed by atoms with E-state index in [4.69, 9.17) is 9.73 Å². The van der Waals surface area contributed by atoms with Crippen LogP contribution in [0.15, 0.2) is 4.99 Å². The highest BCUT2D eigenvalue weighted by molar-refractivity contribution is 5.79. The fourth-order valence-corrected chi connectivity index (χ4v) is 3.34. The molecule has 1 aliphatic rings. The predicted octanol–water partition coefficient (Wildman–Crippen LogP) is 1.46. The standard InChI is InChI=1S/C19H37N7O/c1-14(2)26(15(3)4)10-9-20-19(21-12-17-8-7-11-27-17)22-13-18-24-23-16(5)25(18)6/h14-15,17H,7-13H2,1-6H3,(H2,20,21,22). The van der Waals surface area contributed by atoms with Gasteiger partial charge < -0.3 is 19.9 Å². The van der Waals surface area contributed by atoms with Gasteiger partial charge in [-0.15, -0.1) is 10.2 Å². The van der Waals surface area contributed by atoms with E-state index in [-0.39, 0.29) is 6.10 Å². The second kappa shape index (κ2) is 10.6. The maximum atomic E-state index is 5.71. The van der Waals surface area contributed by atoms with Crippen molar-refractivity contribution in [2.24, 2.45) is 12.0 Å². The number of ether oxygens (including phenoxy) is 1. The molecular weight excluding hydrogens is 342 g/mol. The fourth-order valence-electron chi connectivity index (χ4n) is 3.34. The molecule has 2 rings (SSSR count). The van der Waals surface area contributed by atoms with Gasteiger partial charge in [0.1, 0.15) is 12.4 Å². The number of guanidine groups is 1. The summed E-state index contributed by atoms with van der Waals surface area (Å²) in [6.07, 6.45) is 2.52. The van der Waals surface area contributed by atoms with Gasteiger partial charge in [-0.25, -0.2) is 4.99 Å². The average molecular weight is 380 g/mol. The molecule has 154 valence electrons. The highest BCUT2D eigenvalue weighted by Crippen LogP contribution is 2.10. The number of nitrogens with one attached hydrogen (secondary N) is 2. The number of aryl methyl sites for hydroxylation is 1. The summed E-state index contributed by atoms with van der Waals surface area (Å²) in [5.74, 6) is 2.56. The Balaban J connectivity index is 1.93. The van der Waals surface area contributed by atoms with Crippen LogP contribution in [0.1, 0.15) is 52.2 Å². The van der Waals surface area contributed by atoms with Crippen LogP contribution in [-0.4, -0.2) is 70.1 Å². The van der Waals surface area contributed by atoms with Gasteiger partial charge in [-0.1, -0.05) is 0 Å². The van der Waals surface area contributed by atoms with Gasteiger partial charge >= 0.3 is 0 Å². The second-order valence-electron chi connectivity index (χ2n) is 7.76. The molecule has 2 heterocycles. The third-order valence-electron chi connectivity index (χ3n) is 5.07. The molecule has 0 aliphatic carbocycles. The van der Waals surface area contributed by atoms with Crippen molar-refractivity contribution in [2.45, 2.75) is 72.2 Å². The van der Waals surface area contributed by atoms with Crippen molar-refractivity contribution >= 4 is 5.96 Å². The Hall–Kier alpha value is -1.67. The lowest BCUT2D eigenvalue weighted by molar-refractivity contribution is 0.113. The molecule has 1 fully saturated rings. The van der Waals surface area contributed by atoms with E-state index in [1.54, 1.807) is 0 Å². The van der Waals surface area contributed by atoms with Gasteiger partial charge in [0, 0.05) is 45.4 Å². The summed E-state index contributed by atoms with van der Waals surface area (Å²) >= 11 is 0. The van der Waals surface area contributed by atoms with E-state index in [1.807, 2.05) is 18.5 Å². The number of hydrogen-bond donors (Lipinski definition) is 2. The molecule has 1 aliphatic heterocycles. The highest BCUT2D eigenvalue weighted by Gasteiger charge is 2.16. The first kappa shape index (κ1) is 21.6. The number of aromatic nitrogens is 3. The number of hydrogen-bond acceptors (Lipinski definition) is 5. The van der Waals surface area contributed by atoms with E-state index in [2.05, 4.69) is 53.4 Å². The summed E-state index contributed by atoms with van der Waals surface area (Å²) in [4.78, 5) is 7.18. The van der Waals surface area contributed by atoms with Crippen LogP contribution in [0.2, 0.25) is 0 Å². The number of aliphatic imine (C=N–C) groups is 1. The quantitative estimate of drug-likeness (QED) is 0.499. The van der Waals surface area contributed by atoms with Crippen molar-refractivity contribution in [3.8, 4) is 0 Å². The van der Waals surface area contributed by atoms with Crippen LogP contribution in [0, 0.1) is 6.92 Å². The molecule has 0 aromatic carbocycles. The van der Waals surface area contributed by atoms with Gasteiger partial charge in [-0.3, -0.25) is 4.90 Å². The van der Waals surface area contributed by atoms with Crippen molar-refractivity contribution in [2.75, 3.05) is 26.2 Å². The van der Waals surface area contributed by atoms with Gasteiger partial charge in [-0.2, -0.15) is 0 Å². The first-order chi connectivity index (χ1) is 12.9. The molecule has 0 radical (unpaired) electrons. The van der Waals surface area contributed by atoms with Crippen molar-refractivity contribution in [1.29, 1.82) is 0 Å². The third-order valence-corrected chi connectivity index (χ3v) is 5.07. The second-order valence-corrected chi connectivity index (χ2v) is 7.76. The smallest absolute Gasteiger partial charge is 0.191 e. The predicted molar refractivity (Wildman–Crippen MR) is 109 cm³/mol. The van der Waals surface area contributed by atoms with Crippen LogP contribution in [0.5, 0.6) is 0 Å². The molecule has 8 heteroatoms. The molecule has 1 aromatic heterocycles. The minimum absolute atomic E-state index is 0.275. The van der Waals surface area contributed by atoms with Crippen molar-refractivity contribution in [1.82, 2.24) is 30.3 Å². The van der Waals surface area contributed by atoms with Crippen LogP contribution < -0.4 is 10.6 Å². The van der Waals surface area contributed by atoms with Gasteiger partial charge in [0.25, 0.3) is 0 Å². The lowest BCUT2D eigenvalue weighted by atomic mass is 10.2. The van der Waals surface area contributed by atoms with Crippen LogP contribution in [0.25, 0.3) is 0 Å². The SMILES string of the molecule is Cc1nnc(CN=C(NCCN(C(C)C)C(C)C)NCC2CCCO2)n1C. The van der Waals surface area contributed by atoms with Crippen molar-refractivity contribution in [3.63, 3.8) is 0 Å². The summed E-state index contributed by atoms with van der Waals surface area (Å²) in [5.41, 5.74) is 0. The summed E-state index contributed by atoms with van der Waals surface area (Å²) in [7, 11) is 1.97. The normalized spacial score (nSPS) is 18.1. The maximum absolute atomic E-state index is 5.71. The Kier molecular flexibility index (Phi) is 8.50. The lowest BCUT2D eigenvalue weighted by Gasteiger charge is -2.30. The van der Waals surface area contributed by atoms with E-state index in [0.29, 0.717) is 18.6 Å². The zero-order valence-corrected chi connectivity index (χ0v) is 17.8. The highest BCUT2D eigenvalue weighted by atomic mass is 16.5. The number of rotatable bonds is 9. The molecule has 8 nitrogen and oxygen atoms in total. The molecule has 1 saturated heterocycles. The van der Waals surface area contributed by atoms with Gasteiger partial charge in [0.15, 0.2) is 11.8 Å². The van der Waals surface area contributed by atoms with E-state index in [9.17, 15) is 0 Å². The average Bonchev–Trinajstić information content (AvgIpc) is 3.24. The molecule has 0 bridgehead atoms. The molecule has 1 unspecified atom stereocenters. The lowest BCUT2D eigenvalue weighted by Crippen LogP contribution is -2.46. The zero-order valence-electron chi connectivity index (χ0n) is 17.8. The molecule has 1 atom stereocenters. The molecule has 0 amide bonds. The first-order valence-corrected chi connectivity index (χ1v) is 10.1. The maximum Gasteiger partial charge on any atom is 0.191 e.